The molecular formula is C5H8N2O4. The van der Waals surface area contributed by atoms with Crippen LogP contribution in [0.1, 0.15) is 0 Å². The molecule has 0 aromatic heterocycles. The summed E-state index contributed by atoms with van der Waals surface area (Å²) in [5.41, 5.74) is 9.61. The lowest BCUT2D eigenvalue weighted by Gasteiger charge is -2.09. The molecule has 0 radical (unpaired) electrons. The number of carbonyl (C=O) groups excluding carboxylic acids is 2. The van der Waals surface area contributed by atoms with Crippen molar-refractivity contribution in [2.45, 2.75) is 6.04 Å². The van der Waals surface area contributed by atoms with Crippen LogP contribution in [0.4, 0.5) is 0 Å². The number of aldehydes is 1. The standard InChI is InChI=1S/C5H8N2O4/c6-3(5(10)11)2(1-8)4(7)9/h1-3H,6H2,(H2,7,9)(H,10,11)/t2-,3+/m1/s1. The second-order valence-corrected chi connectivity index (χ2v) is 1.93. The van der Waals surface area contributed by atoms with Crippen molar-refractivity contribution in [1.82, 2.24) is 0 Å². The SMILES string of the molecule is NC(=O)[C@H](C=O)[C@H](N)C(=O)O. The van der Waals surface area contributed by atoms with Crippen LogP contribution in [0.2, 0.25) is 0 Å². The van der Waals surface area contributed by atoms with E-state index in [1.807, 2.05) is 0 Å². The molecule has 0 aliphatic carbocycles. The Morgan fingerprint density at radius 1 is 1.45 bits per heavy atom. The second-order valence-electron chi connectivity index (χ2n) is 1.93. The molecule has 6 heteroatoms. The van der Waals surface area contributed by atoms with Crippen molar-refractivity contribution in [2.75, 3.05) is 0 Å². The van der Waals surface area contributed by atoms with Gasteiger partial charge >= 0.3 is 5.97 Å². The first-order valence-corrected chi connectivity index (χ1v) is 2.73. The molecule has 0 saturated heterocycles. The fourth-order valence-electron chi connectivity index (χ4n) is 0.482. The summed E-state index contributed by atoms with van der Waals surface area (Å²) in [6, 6.07) is -1.55. The molecule has 2 atom stereocenters. The van der Waals surface area contributed by atoms with E-state index < -0.39 is 23.8 Å². The van der Waals surface area contributed by atoms with Gasteiger partial charge in [-0.1, -0.05) is 0 Å². The minimum Gasteiger partial charge on any atom is -0.480 e. The van der Waals surface area contributed by atoms with Crippen LogP contribution in [0.25, 0.3) is 0 Å². The Morgan fingerprint density at radius 2 is 1.91 bits per heavy atom. The van der Waals surface area contributed by atoms with E-state index in [1.54, 1.807) is 0 Å². The third kappa shape index (κ3) is 2.34. The van der Waals surface area contributed by atoms with E-state index in [9.17, 15) is 14.4 Å². The highest BCUT2D eigenvalue weighted by Gasteiger charge is 2.28. The van der Waals surface area contributed by atoms with Crippen molar-refractivity contribution in [2.24, 2.45) is 17.4 Å². The topological polar surface area (TPSA) is 123 Å². The fourth-order valence-corrected chi connectivity index (χ4v) is 0.482. The molecule has 0 rings (SSSR count). The Hall–Kier alpha value is -1.43. The lowest BCUT2D eigenvalue weighted by molar-refractivity contribution is -0.144. The Labute approximate surface area is 62.2 Å². The summed E-state index contributed by atoms with van der Waals surface area (Å²) in [6.07, 6.45) is 0.126. The highest BCUT2D eigenvalue weighted by atomic mass is 16.4. The summed E-state index contributed by atoms with van der Waals surface area (Å²) in [7, 11) is 0. The smallest absolute Gasteiger partial charge is 0.321 e. The molecule has 0 spiro atoms. The minimum absolute atomic E-state index is 0.126. The van der Waals surface area contributed by atoms with Crippen molar-refractivity contribution >= 4 is 18.2 Å². The van der Waals surface area contributed by atoms with E-state index >= 15 is 0 Å². The number of rotatable bonds is 4. The molecule has 0 heterocycles. The molecule has 0 aliphatic heterocycles. The maximum absolute atomic E-state index is 10.3. The highest BCUT2D eigenvalue weighted by molar-refractivity contribution is 5.96. The number of carboxylic acid groups (broad SMARTS) is 1. The fraction of sp³-hybridized carbons (Fsp3) is 0.400. The first-order valence-electron chi connectivity index (χ1n) is 2.73. The molecule has 5 N–H and O–H groups in total. The first kappa shape index (κ1) is 9.57. The maximum atomic E-state index is 10.3. The van der Waals surface area contributed by atoms with E-state index in [0.717, 1.165) is 0 Å². The van der Waals surface area contributed by atoms with Crippen LogP contribution in [0, 0.1) is 5.92 Å². The van der Waals surface area contributed by atoms with Crippen molar-refractivity contribution in [3.05, 3.63) is 0 Å². The van der Waals surface area contributed by atoms with Crippen LogP contribution in [0.5, 0.6) is 0 Å². The monoisotopic (exact) mass is 160 g/mol. The quantitative estimate of drug-likeness (QED) is 0.315. The second kappa shape index (κ2) is 3.67. The van der Waals surface area contributed by atoms with E-state index in [-0.39, 0.29) is 6.29 Å². The van der Waals surface area contributed by atoms with Gasteiger partial charge in [0.25, 0.3) is 0 Å². The van der Waals surface area contributed by atoms with Crippen molar-refractivity contribution in [1.29, 1.82) is 0 Å². The summed E-state index contributed by atoms with van der Waals surface area (Å²) < 4.78 is 0. The zero-order chi connectivity index (χ0) is 9.02. The number of nitrogens with two attached hydrogens (primary N) is 2. The van der Waals surface area contributed by atoms with E-state index in [1.165, 1.54) is 0 Å². The van der Waals surface area contributed by atoms with Gasteiger partial charge in [-0.3, -0.25) is 9.59 Å². The highest BCUT2D eigenvalue weighted by Crippen LogP contribution is 1.96. The third-order valence-corrected chi connectivity index (χ3v) is 1.15. The molecule has 0 aliphatic rings. The van der Waals surface area contributed by atoms with Gasteiger partial charge in [-0.2, -0.15) is 0 Å². The predicted octanol–water partition coefficient (Wildman–Crippen LogP) is -2.30. The van der Waals surface area contributed by atoms with Gasteiger partial charge in [-0.15, -0.1) is 0 Å². The molecule has 1 amide bonds. The van der Waals surface area contributed by atoms with Crippen LogP contribution in [0.15, 0.2) is 0 Å². The van der Waals surface area contributed by atoms with Crippen LogP contribution in [-0.4, -0.2) is 29.3 Å². The summed E-state index contributed by atoms with van der Waals surface area (Å²) in [6.45, 7) is 0. The average molecular weight is 160 g/mol. The third-order valence-electron chi connectivity index (χ3n) is 1.15. The summed E-state index contributed by atoms with van der Waals surface area (Å²) >= 11 is 0. The number of amides is 1. The van der Waals surface area contributed by atoms with Gasteiger partial charge in [0.1, 0.15) is 18.2 Å². The number of carbonyl (C=O) groups is 3. The maximum Gasteiger partial charge on any atom is 0.321 e. The zero-order valence-corrected chi connectivity index (χ0v) is 5.56. The summed E-state index contributed by atoms with van der Waals surface area (Å²) in [5, 5.41) is 8.24. The van der Waals surface area contributed by atoms with Gasteiger partial charge in [0.2, 0.25) is 5.91 Å². The lowest BCUT2D eigenvalue weighted by atomic mass is 10.0. The van der Waals surface area contributed by atoms with Crippen LogP contribution in [0.3, 0.4) is 0 Å². The molecule has 0 aromatic rings. The molecule has 0 saturated carbocycles. The molecule has 0 bridgehead atoms. The number of primary amides is 1. The molecule has 0 unspecified atom stereocenters. The molecule has 6 nitrogen and oxygen atoms in total. The van der Waals surface area contributed by atoms with Gasteiger partial charge in [0.15, 0.2) is 0 Å². The average Bonchev–Trinajstić information content (AvgIpc) is 1.88. The van der Waals surface area contributed by atoms with Gasteiger partial charge in [0.05, 0.1) is 0 Å². The number of hydrogen-bond acceptors (Lipinski definition) is 4. The van der Waals surface area contributed by atoms with Crippen LogP contribution in [-0.2, 0) is 14.4 Å². The summed E-state index contributed by atoms with van der Waals surface area (Å²) in [4.78, 5) is 30.5. The Kier molecular flexibility index (Phi) is 3.19. The lowest BCUT2D eigenvalue weighted by Crippen LogP contribution is -2.45. The molecular weight excluding hydrogens is 152 g/mol. The van der Waals surface area contributed by atoms with Gasteiger partial charge in [-0.05, 0) is 0 Å². The van der Waals surface area contributed by atoms with Gasteiger partial charge in [0, 0.05) is 0 Å². The Balaban J connectivity index is 4.37. The van der Waals surface area contributed by atoms with Gasteiger partial charge in [-0.25, -0.2) is 0 Å². The molecule has 0 fully saturated rings. The van der Waals surface area contributed by atoms with Crippen LogP contribution >= 0.6 is 0 Å². The largest absolute Gasteiger partial charge is 0.480 e. The Bertz CT molecular complexity index is 191. The van der Waals surface area contributed by atoms with Crippen LogP contribution < -0.4 is 11.5 Å². The molecule has 11 heavy (non-hydrogen) atoms. The number of carboxylic acids is 1. The van der Waals surface area contributed by atoms with Crippen molar-refractivity contribution < 1.29 is 19.5 Å². The van der Waals surface area contributed by atoms with Gasteiger partial charge < -0.3 is 21.4 Å². The predicted molar refractivity (Wildman–Crippen MR) is 34.4 cm³/mol. The number of aliphatic carboxylic acids is 1. The van der Waals surface area contributed by atoms with E-state index in [2.05, 4.69) is 5.73 Å². The van der Waals surface area contributed by atoms with Crippen molar-refractivity contribution in [3.8, 4) is 0 Å². The minimum atomic E-state index is -1.55. The summed E-state index contributed by atoms with van der Waals surface area (Å²) in [5.74, 6) is -3.91. The first-order chi connectivity index (χ1) is 5.00. The Morgan fingerprint density at radius 3 is 2.00 bits per heavy atom. The zero-order valence-electron chi connectivity index (χ0n) is 5.56. The van der Waals surface area contributed by atoms with E-state index in [0.29, 0.717) is 0 Å². The molecule has 0 aromatic carbocycles. The molecule has 62 valence electrons. The van der Waals surface area contributed by atoms with E-state index in [4.69, 9.17) is 10.8 Å². The number of hydrogen-bond donors (Lipinski definition) is 3. The normalized spacial score (nSPS) is 15.0. The van der Waals surface area contributed by atoms with Crippen molar-refractivity contribution in [3.63, 3.8) is 0 Å².